The normalized spacial score (nSPS) is 27.9. The minimum atomic E-state index is 0.442. The largest absolute Gasteiger partial charge is 0.378 e. The predicted molar refractivity (Wildman–Crippen MR) is 79.6 cm³/mol. The SMILES string of the molecule is CCOC1CC(NCCc2nccn2C)C12CCCC2. The van der Waals surface area contributed by atoms with Crippen molar-refractivity contribution < 1.29 is 4.74 Å². The van der Waals surface area contributed by atoms with Crippen molar-refractivity contribution in [3.8, 4) is 0 Å². The lowest BCUT2D eigenvalue weighted by Crippen LogP contribution is -2.62. The molecule has 2 fully saturated rings. The molecule has 20 heavy (non-hydrogen) atoms. The van der Waals surface area contributed by atoms with Crippen molar-refractivity contribution in [1.29, 1.82) is 0 Å². The van der Waals surface area contributed by atoms with Crippen LogP contribution in [-0.2, 0) is 18.2 Å². The zero-order valence-electron chi connectivity index (χ0n) is 12.8. The van der Waals surface area contributed by atoms with Gasteiger partial charge in [-0.05, 0) is 26.2 Å². The van der Waals surface area contributed by atoms with E-state index in [0.29, 0.717) is 17.6 Å². The first-order chi connectivity index (χ1) is 9.76. The number of aryl methyl sites for hydroxylation is 1. The van der Waals surface area contributed by atoms with Gasteiger partial charge in [0.2, 0.25) is 0 Å². The van der Waals surface area contributed by atoms with Gasteiger partial charge >= 0.3 is 0 Å². The summed E-state index contributed by atoms with van der Waals surface area (Å²) in [5.41, 5.74) is 0.442. The molecule has 0 amide bonds. The van der Waals surface area contributed by atoms with E-state index in [1.165, 1.54) is 37.9 Å². The van der Waals surface area contributed by atoms with Gasteiger partial charge in [0, 0.05) is 50.5 Å². The molecule has 1 aromatic heterocycles. The Morgan fingerprint density at radius 2 is 2.25 bits per heavy atom. The van der Waals surface area contributed by atoms with Crippen LogP contribution in [0.2, 0.25) is 0 Å². The number of hydrogen-bond acceptors (Lipinski definition) is 3. The van der Waals surface area contributed by atoms with Crippen LogP contribution in [0.5, 0.6) is 0 Å². The number of ether oxygens (including phenoxy) is 1. The molecule has 2 aliphatic rings. The van der Waals surface area contributed by atoms with E-state index in [9.17, 15) is 0 Å². The van der Waals surface area contributed by atoms with E-state index in [0.717, 1.165) is 19.6 Å². The Bertz CT molecular complexity index is 437. The second-order valence-corrected chi connectivity index (χ2v) is 6.33. The Morgan fingerprint density at radius 3 is 2.90 bits per heavy atom. The lowest BCUT2D eigenvalue weighted by molar-refractivity contribution is -0.130. The maximum Gasteiger partial charge on any atom is 0.109 e. The number of hydrogen-bond donors (Lipinski definition) is 1. The van der Waals surface area contributed by atoms with Crippen molar-refractivity contribution >= 4 is 0 Å². The van der Waals surface area contributed by atoms with Crippen molar-refractivity contribution in [3.63, 3.8) is 0 Å². The summed E-state index contributed by atoms with van der Waals surface area (Å²) in [7, 11) is 2.06. The van der Waals surface area contributed by atoms with Crippen molar-refractivity contribution in [2.45, 2.75) is 57.6 Å². The molecule has 4 heteroatoms. The number of imidazole rings is 1. The highest BCUT2D eigenvalue weighted by Crippen LogP contribution is 2.54. The van der Waals surface area contributed by atoms with Crippen molar-refractivity contribution in [3.05, 3.63) is 18.2 Å². The van der Waals surface area contributed by atoms with Crippen LogP contribution in [0.25, 0.3) is 0 Å². The summed E-state index contributed by atoms with van der Waals surface area (Å²) in [6.07, 6.45) is 12.0. The molecule has 2 aliphatic carbocycles. The van der Waals surface area contributed by atoms with Crippen LogP contribution in [0.1, 0.15) is 44.9 Å². The molecule has 0 saturated heterocycles. The third-order valence-corrected chi connectivity index (χ3v) is 5.35. The van der Waals surface area contributed by atoms with Crippen LogP contribution in [0.15, 0.2) is 12.4 Å². The summed E-state index contributed by atoms with van der Waals surface area (Å²) in [6, 6.07) is 0.654. The molecule has 112 valence electrons. The van der Waals surface area contributed by atoms with Crippen LogP contribution < -0.4 is 5.32 Å². The fraction of sp³-hybridized carbons (Fsp3) is 0.812. The monoisotopic (exact) mass is 277 g/mol. The lowest BCUT2D eigenvalue weighted by atomic mass is 9.60. The van der Waals surface area contributed by atoms with Gasteiger partial charge in [-0.25, -0.2) is 4.98 Å². The molecule has 0 aliphatic heterocycles. The van der Waals surface area contributed by atoms with E-state index in [1.54, 1.807) is 0 Å². The fourth-order valence-electron chi connectivity index (χ4n) is 4.17. The first-order valence-corrected chi connectivity index (χ1v) is 8.07. The predicted octanol–water partition coefficient (Wildman–Crippen LogP) is 2.29. The van der Waals surface area contributed by atoms with E-state index in [1.807, 2.05) is 12.4 Å². The van der Waals surface area contributed by atoms with Gasteiger partial charge in [0.05, 0.1) is 6.10 Å². The Labute approximate surface area is 121 Å². The summed E-state index contributed by atoms with van der Waals surface area (Å²) in [4.78, 5) is 4.39. The highest BCUT2D eigenvalue weighted by atomic mass is 16.5. The Balaban J connectivity index is 1.52. The molecule has 2 atom stereocenters. The van der Waals surface area contributed by atoms with Gasteiger partial charge in [-0.1, -0.05) is 12.8 Å². The average Bonchev–Trinajstić information content (AvgIpc) is 3.08. The molecule has 4 nitrogen and oxygen atoms in total. The molecular weight excluding hydrogens is 250 g/mol. The van der Waals surface area contributed by atoms with Gasteiger partial charge in [0.15, 0.2) is 0 Å². The molecule has 0 radical (unpaired) electrons. The smallest absolute Gasteiger partial charge is 0.109 e. The highest BCUT2D eigenvalue weighted by molar-refractivity contribution is 5.10. The standard InChI is InChI=1S/C16H27N3O/c1-3-20-14-12-13(16(14)7-4-5-8-16)17-9-6-15-18-10-11-19(15)2/h10-11,13-14,17H,3-9,12H2,1-2H3. The third kappa shape index (κ3) is 2.40. The summed E-state index contributed by atoms with van der Waals surface area (Å²) in [5, 5.41) is 3.77. The molecule has 1 spiro atoms. The summed E-state index contributed by atoms with van der Waals surface area (Å²) >= 11 is 0. The van der Waals surface area contributed by atoms with E-state index in [-0.39, 0.29) is 0 Å². The molecule has 0 bridgehead atoms. The molecular formula is C16H27N3O. The molecule has 2 unspecified atom stereocenters. The molecule has 1 heterocycles. The van der Waals surface area contributed by atoms with Crippen LogP contribution in [-0.4, -0.2) is 34.8 Å². The Hall–Kier alpha value is -0.870. The Morgan fingerprint density at radius 1 is 1.45 bits per heavy atom. The quantitative estimate of drug-likeness (QED) is 0.867. The zero-order chi connectivity index (χ0) is 14.0. The number of nitrogens with one attached hydrogen (secondary N) is 1. The summed E-state index contributed by atoms with van der Waals surface area (Å²) in [5.74, 6) is 1.17. The lowest BCUT2D eigenvalue weighted by Gasteiger charge is -2.54. The highest BCUT2D eigenvalue weighted by Gasteiger charge is 2.56. The van der Waals surface area contributed by atoms with E-state index >= 15 is 0 Å². The van der Waals surface area contributed by atoms with Gasteiger partial charge < -0.3 is 14.6 Å². The van der Waals surface area contributed by atoms with E-state index < -0.39 is 0 Å². The minimum Gasteiger partial charge on any atom is -0.378 e. The molecule has 0 aromatic carbocycles. The van der Waals surface area contributed by atoms with Gasteiger partial charge in [-0.2, -0.15) is 0 Å². The number of nitrogens with zero attached hydrogens (tertiary/aromatic N) is 2. The second kappa shape index (κ2) is 5.86. The van der Waals surface area contributed by atoms with Gasteiger partial charge in [0.1, 0.15) is 5.82 Å². The minimum absolute atomic E-state index is 0.442. The number of aromatic nitrogens is 2. The second-order valence-electron chi connectivity index (χ2n) is 6.33. The molecule has 1 N–H and O–H groups in total. The van der Waals surface area contributed by atoms with Crippen molar-refractivity contribution in [2.24, 2.45) is 12.5 Å². The first-order valence-electron chi connectivity index (χ1n) is 8.07. The van der Waals surface area contributed by atoms with Crippen LogP contribution in [0.3, 0.4) is 0 Å². The first kappa shape index (κ1) is 14.1. The molecule has 1 aromatic rings. The van der Waals surface area contributed by atoms with Crippen LogP contribution >= 0.6 is 0 Å². The maximum absolute atomic E-state index is 5.96. The third-order valence-electron chi connectivity index (χ3n) is 5.35. The van der Waals surface area contributed by atoms with Gasteiger partial charge in [-0.3, -0.25) is 0 Å². The van der Waals surface area contributed by atoms with E-state index in [2.05, 4.69) is 28.8 Å². The van der Waals surface area contributed by atoms with Crippen molar-refractivity contribution in [1.82, 2.24) is 14.9 Å². The van der Waals surface area contributed by atoms with Gasteiger partial charge in [0.25, 0.3) is 0 Å². The average molecular weight is 277 g/mol. The number of rotatable bonds is 6. The van der Waals surface area contributed by atoms with Crippen LogP contribution in [0, 0.1) is 5.41 Å². The topological polar surface area (TPSA) is 39.1 Å². The van der Waals surface area contributed by atoms with Gasteiger partial charge in [-0.15, -0.1) is 0 Å². The summed E-state index contributed by atoms with van der Waals surface area (Å²) in [6.45, 7) is 3.99. The van der Waals surface area contributed by atoms with Crippen molar-refractivity contribution in [2.75, 3.05) is 13.2 Å². The summed E-state index contributed by atoms with van der Waals surface area (Å²) < 4.78 is 8.07. The van der Waals surface area contributed by atoms with Crippen LogP contribution in [0.4, 0.5) is 0 Å². The maximum atomic E-state index is 5.96. The zero-order valence-corrected chi connectivity index (χ0v) is 12.8. The van der Waals surface area contributed by atoms with E-state index in [4.69, 9.17) is 4.74 Å². The Kier molecular flexibility index (Phi) is 4.13. The molecule has 3 rings (SSSR count). The fourth-order valence-corrected chi connectivity index (χ4v) is 4.17. The molecule has 2 saturated carbocycles.